The molecule has 35 heavy (non-hydrogen) atoms. The van der Waals surface area contributed by atoms with Gasteiger partial charge in [-0.3, -0.25) is 4.79 Å². The van der Waals surface area contributed by atoms with Crippen LogP contribution in [0.4, 0.5) is 4.79 Å². The van der Waals surface area contributed by atoms with Crippen LogP contribution in [0, 0.1) is 5.92 Å². The predicted octanol–water partition coefficient (Wildman–Crippen LogP) is 3.16. The molecule has 0 unspecified atom stereocenters. The number of rotatable bonds is 6. The number of imidazole rings is 1. The number of aromatic nitrogens is 2. The monoisotopic (exact) mass is 482 g/mol. The van der Waals surface area contributed by atoms with Crippen molar-refractivity contribution in [2.75, 3.05) is 6.54 Å². The first-order valence-electron chi connectivity index (χ1n) is 12.2. The fraction of sp³-hybridized carbons (Fsp3) is 0.560. The van der Waals surface area contributed by atoms with Gasteiger partial charge in [0.15, 0.2) is 6.10 Å². The Morgan fingerprint density at radius 3 is 2.37 bits per heavy atom. The van der Waals surface area contributed by atoms with Crippen LogP contribution in [0.5, 0.6) is 0 Å². The van der Waals surface area contributed by atoms with E-state index in [1.807, 2.05) is 65.8 Å². The van der Waals surface area contributed by atoms with E-state index in [9.17, 15) is 9.59 Å². The lowest BCUT2D eigenvalue weighted by Crippen LogP contribution is -2.44. The summed E-state index contributed by atoms with van der Waals surface area (Å²) in [7, 11) is -0.416. The second-order valence-electron chi connectivity index (χ2n) is 10.7. The van der Waals surface area contributed by atoms with Gasteiger partial charge in [-0.2, -0.15) is 0 Å². The summed E-state index contributed by atoms with van der Waals surface area (Å²) in [5.41, 5.74) is 7.18. The fourth-order valence-electron chi connectivity index (χ4n) is 4.53. The lowest BCUT2D eigenvalue weighted by molar-refractivity contribution is -0.143. The van der Waals surface area contributed by atoms with E-state index in [-0.39, 0.29) is 17.9 Å². The lowest BCUT2D eigenvalue weighted by Gasteiger charge is -2.32. The number of nitrogens with one attached hydrogen (secondary N) is 1. The number of primary amides is 1. The molecule has 1 aromatic carbocycles. The van der Waals surface area contributed by atoms with Crippen molar-refractivity contribution in [1.29, 1.82) is 0 Å². The number of nitrogens with zero attached hydrogens (tertiary/aromatic N) is 2. The molecular weight excluding hydrogens is 447 g/mol. The molecule has 9 nitrogen and oxygen atoms in total. The average molecular weight is 482 g/mol. The van der Waals surface area contributed by atoms with Gasteiger partial charge in [-0.05, 0) is 57.5 Å². The molecule has 3 N–H and O–H groups in total. The maximum atomic E-state index is 13.2. The molecule has 2 saturated heterocycles. The highest BCUT2D eigenvalue weighted by Gasteiger charge is 2.51. The molecule has 2 atom stereocenters. The largest absolute Gasteiger partial charge is 0.494 e. The average Bonchev–Trinajstić information content (AvgIpc) is 3.49. The van der Waals surface area contributed by atoms with Crippen LogP contribution in [0.1, 0.15) is 66.3 Å². The zero-order valence-electron chi connectivity index (χ0n) is 21.3. The van der Waals surface area contributed by atoms with Crippen LogP contribution in [0.3, 0.4) is 0 Å². The van der Waals surface area contributed by atoms with Gasteiger partial charge in [0.2, 0.25) is 0 Å². The molecule has 2 fully saturated rings. The number of amides is 2. The first-order valence-corrected chi connectivity index (χ1v) is 12.2. The van der Waals surface area contributed by atoms with Crippen molar-refractivity contribution >= 4 is 24.6 Å². The third-order valence-electron chi connectivity index (χ3n) is 7.29. The SMILES string of the molecule is CC(C)[C@H](OC(N)=O)C(=O)N1CCC[C@H]1c1ncc(-c2ccc(B3OC(C)(C)C(C)(C)O3)cc2)[nH]1. The van der Waals surface area contributed by atoms with Crippen molar-refractivity contribution in [3.05, 3.63) is 36.3 Å². The van der Waals surface area contributed by atoms with Crippen LogP contribution >= 0.6 is 0 Å². The fourth-order valence-corrected chi connectivity index (χ4v) is 4.53. The lowest BCUT2D eigenvalue weighted by atomic mass is 9.79. The molecule has 2 aliphatic rings. The molecule has 2 amide bonds. The zero-order chi connectivity index (χ0) is 25.5. The van der Waals surface area contributed by atoms with Gasteiger partial charge in [0.1, 0.15) is 5.82 Å². The number of nitrogens with two attached hydrogens (primary N) is 1. The Morgan fingerprint density at radius 1 is 1.17 bits per heavy atom. The maximum absolute atomic E-state index is 13.2. The Bertz CT molecular complexity index is 1070. The summed E-state index contributed by atoms with van der Waals surface area (Å²) in [4.78, 5) is 34.2. The summed E-state index contributed by atoms with van der Waals surface area (Å²) >= 11 is 0. The van der Waals surface area contributed by atoms with Gasteiger partial charge in [-0.1, -0.05) is 38.1 Å². The van der Waals surface area contributed by atoms with Crippen LogP contribution in [-0.2, 0) is 18.8 Å². The Labute approximate surface area is 206 Å². The van der Waals surface area contributed by atoms with Gasteiger partial charge in [0, 0.05) is 6.54 Å². The molecule has 0 aliphatic carbocycles. The van der Waals surface area contributed by atoms with Crippen molar-refractivity contribution in [2.45, 2.75) is 77.7 Å². The van der Waals surface area contributed by atoms with Gasteiger partial charge < -0.3 is 29.7 Å². The standard InChI is InChI=1S/C25H35BN4O5/c1-15(2)20(33-23(27)32)22(31)30-13-7-8-19(30)21-28-14-18(29-21)16-9-11-17(12-10-16)26-34-24(3,4)25(5,6)35-26/h9-12,14-15,19-20H,7-8,13H2,1-6H3,(H2,27,32)(H,28,29)/t19-,20-/m0/s1. The van der Waals surface area contributed by atoms with Gasteiger partial charge in [-0.25, -0.2) is 9.78 Å². The normalized spacial score (nSPS) is 22.0. The summed E-state index contributed by atoms with van der Waals surface area (Å²) in [6.45, 7) is 12.4. The molecule has 3 heterocycles. The van der Waals surface area contributed by atoms with Gasteiger partial charge >= 0.3 is 13.2 Å². The number of likely N-dealkylation sites (tertiary alicyclic amines) is 1. The van der Waals surface area contributed by atoms with E-state index in [2.05, 4.69) is 9.97 Å². The minimum Gasteiger partial charge on any atom is -0.436 e. The van der Waals surface area contributed by atoms with Crippen LogP contribution in [-0.4, -0.2) is 57.8 Å². The van der Waals surface area contributed by atoms with Crippen LogP contribution in [0.25, 0.3) is 11.3 Å². The van der Waals surface area contributed by atoms with Crippen molar-refractivity contribution in [3.8, 4) is 11.3 Å². The quantitative estimate of drug-likeness (QED) is 0.611. The smallest absolute Gasteiger partial charge is 0.436 e. The van der Waals surface area contributed by atoms with E-state index in [4.69, 9.17) is 19.8 Å². The Morgan fingerprint density at radius 2 is 1.80 bits per heavy atom. The molecule has 0 bridgehead atoms. The Kier molecular flexibility index (Phi) is 6.72. The number of ether oxygens (including phenoxy) is 1. The second-order valence-corrected chi connectivity index (χ2v) is 10.7. The molecule has 4 rings (SSSR count). The minimum absolute atomic E-state index is 0.189. The Balaban J connectivity index is 1.49. The first kappa shape index (κ1) is 25.3. The molecule has 2 aromatic rings. The molecule has 188 valence electrons. The van der Waals surface area contributed by atoms with Gasteiger partial charge in [0.25, 0.3) is 5.91 Å². The number of carbonyl (C=O) groups excluding carboxylic acids is 2. The summed E-state index contributed by atoms with van der Waals surface area (Å²) in [6, 6.07) is 7.79. The van der Waals surface area contributed by atoms with Crippen molar-refractivity contribution < 1.29 is 23.6 Å². The van der Waals surface area contributed by atoms with E-state index in [1.165, 1.54) is 0 Å². The van der Waals surface area contributed by atoms with E-state index < -0.39 is 30.5 Å². The second kappa shape index (κ2) is 9.31. The van der Waals surface area contributed by atoms with E-state index in [1.54, 1.807) is 11.1 Å². The number of H-pyrrole nitrogens is 1. The summed E-state index contributed by atoms with van der Waals surface area (Å²) in [5, 5.41) is 0. The van der Waals surface area contributed by atoms with Crippen LogP contribution in [0.2, 0.25) is 0 Å². The minimum atomic E-state index is -0.947. The number of carbonyl (C=O) groups is 2. The number of hydrogen-bond donors (Lipinski definition) is 2. The predicted molar refractivity (Wildman–Crippen MR) is 133 cm³/mol. The molecule has 0 saturated carbocycles. The summed E-state index contributed by atoms with van der Waals surface area (Å²) in [5.74, 6) is 0.277. The molecule has 2 aliphatic heterocycles. The topological polar surface area (TPSA) is 120 Å². The zero-order valence-corrected chi connectivity index (χ0v) is 21.3. The van der Waals surface area contributed by atoms with E-state index >= 15 is 0 Å². The summed E-state index contributed by atoms with van der Waals surface area (Å²) < 4.78 is 17.4. The van der Waals surface area contributed by atoms with Crippen LogP contribution < -0.4 is 11.2 Å². The molecule has 0 radical (unpaired) electrons. The van der Waals surface area contributed by atoms with Gasteiger partial charge in [-0.15, -0.1) is 0 Å². The van der Waals surface area contributed by atoms with Crippen LogP contribution in [0.15, 0.2) is 30.5 Å². The highest BCUT2D eigenvalue weighted by molar-refractivity contribution is 6.62. The van der Waals surface area contributed by atoms with Crippen molar-refractivity contribution in [3.63, 3.8) is 0 Å². The number of hydrogen-bond acceptors (Lipinski definition) is 6. The first-order chi connectivity index (χ1) is 16.4. The Hall–Kier alpha value is -2.85. The molecular formula is C25H35BN4O5. The number of aromatic amines is 1. The van der Waals surface area contributed by atoms with Gasteiger partial charge in [0.05, 0.1) is 29.1 Å². The third-order valence-corrected chi connectivity index (χ3v) is 7.29. The highest BCUT2D eigenvalue weighted by atomic mass is 16.7. The maximum Gasteiger partial charge on any atom is 0.494 e. The van der Waals surface area contributed by atoms with Crippen molar-refractivity contribution in [2.24, 2.45) is 11.7 Å². The molecule has 1 aromatic heterocycles. The number of benzene rings is 1. The van der Waals surface area contributed by atoms with E-state index in [0.29, 0.717) is 12.4 Å². The third kappa shape index (κ3) is 4.95. The molecule has 0 spiro atoms. The molecule has 10 heteroatoms. The summed E-state index contributed by atoms with van der Waals surface area (Å²) in [6.07, 6.45) is 1.54. The highest BCUT2D eigenvalue weighted by Crippen LogP contribution is 2.37. The van der Waals surface area contributed by atoms with Crippen molar-refractivity contribution in [1.82, 2.24) is 14.9 Å². The van der Waals surface area contributed by atoms with E-state index in [0.717, 1.165) is 29.6 Å².